The molecule has 0 saturated heterocycles. The first-order valence-corrected chi connectivity index (χ1v) is 11.4. The number of carbonyl (C=O) groups excluding carboxylic acids is 1. The number of hydrogen-bond acceptors (Lipinski definition) is 4. The quantitative estimate of drug-likeness (QED) is 0.435. The van der Waals surface area contributed by atoms with E-state index < -0.39 is 27.7 Å². The van der Waals surface area contributed by atoms with Gasteiger partial charge >= 0.3 is 6.18 Å². The number of nitrogens with one attached hydrogen (secondary N) is 2. The summed E-state index contributed by atoms with van der Waals surface area (Å²) in [5, 5.41) is 2.69. The molecule has 1 atom stereocenters. The van der Waals surface area contributed by atoms with Crippen LogP contribution in [0.4, 0.5) is 23.2 Å². The van der Waals surface area contributed by atoms with Crippen molar-refractivity contribution in [3.63, 3.8) is 0 Å². The van der Waals surface area contributed by atoms with E-state index in [0.717, 1.165) is 12.1 Å². The van der Waals surface area contributed by atoms with Crippen molar-refractivity contribution in [2.75, 3.05) is 11.3 Å². The Balaban J connectivity index is 1.58. The summed E-state index contributed by atoms with van der Waals surface area (Å²) in [6.45, 7) is 1.38. The number of amides is 1. The van der Waals surface area contributed by atoms with Gasteiger partial charge in [0.2, 0.25) is 0 Å². The van der Waals surface area contributed by atoms with E-state index in [2.05, 4.69) is 10.0 Å². The highest BCUT2D eigenvalue weighted by Gasteiger charge is 2.30. The predicted molar refractivity (Wildman–Crippen MR) is 117 cm³/mol. The lowest BCUT2D eigenvalue weighted by Gasteiger charge is -2.15. The molecule has 0 saturated carbocycles. The number of halogens is 4. The third-order valence-electron chi connectivity index (χ3n) is 4.69. The lowest BCUT2D eigenvalue weighted by molar-refractivity contribution is -0.137. The minimum absolute atomic E-state index is 0.202. The SMILES string of the molecule is C[C@H](NC(=O)COc1ccc(S(=O)(=O)Nc2cccc(C(F)(F)F)c2)cc1)c1ccc(F)cc1. The van der Waals surface area contributed by atoms with Crippen LogP contribution in [0.1, 0.15) is 24.1 Å². The fourth-order valence-corrected chi connectivity index (χ4v) is 4.00. The summed E-state index contributed by atoms with van der Waals surface area (Å²) >= 11 is 0. The molecule has 1 amide bonds. The Bertz CT molecular complexity index is 1250. The molecule has 0 aliphatic heterocycles. The third-order valence-corrected chi connectivity index (χ3v) is 6.09. The molecule has 0 radical (unpaired) electrons. The average Bonchev–Trinajstić information content (AvgIpc) is 2.78. The predicted octanol–water partition coefficient (Wildman–Crippen LogP) is 4.90. The Morgan fingerprint density at radius 2 is 1.65 bits per heavy atom. The highest BCUT2D eigenvalue weighted by atomic mass is 32.2. The molecule has 6 nitrogen and oxygen atoms in total. The zero-order chi connectivity index (χ0) is 24.9. The lowest BCUT2D eigenvalue weighted by atomic mass is 10.1. The highest BCUT2D eigenvalue weighted by molar-refractivity contribution is 7.92. The van der Waals surface area contributed by atoms with Crippen LogP contribution in [-0.4, -0.2) is 20.9 Å². The van der Waals surface area contributed by atoms with Gasteiger partial charge in [0, 0.05) is 5.69 Å². The fourth-order valence-electron chi connectivity index (χ4n) is 2.95. The number of sulfonamides is 1. The Labute approximate surface area is 193 Å². The van der Waals surface area contributed by atoms with E-state index in [9.17, 15) is 30.8 Å². The van der Waals surface area contributed by atoms with E-state index >= 15 is 0 Å². The first kappa shape index (κ1) is 25.0. The van der Waals surface area contributed by atoms with Crippen molar-refractivity contribution in [2.24, 2.45) is 0 Å². The largest absolute Gasteiger partial charge is 0.484 e. The summed E-state index contributed by atoms with van der Waals surface area (Å²) < 4.78 is 84.0. The van der Waals surface area contributed by atoms with Gasteiger partial charge in [-0.1, -0.05) is 18.2 Å². The van der Waals surface area contributed by atoms with Crippen LogP contribution in [0.5, 0.6) is 5.75 Å². The molecule has 0 aromatic heterocycles. The van der Waals surface area contributed by atoms with E-state index in [1.165, 1.54) is 42.5 Å². The van der Waals surface area contributed by atoms with Gasteiger partial charge in [-0.2, -0.15) is 13.2 Å². The van der Waals surface area contributed by atoms with Crippen LogP contribution in [0.25, 0.3) is 0 Å². The normalized spacial score (nSPS) is 12.6. The van der Waals surface area contributed by atoms with Crippen molar-refractivity contribution in [1.82, 2.24) is 5.32 Å². The first-order chi connectivity index (χ1) is 15.9. The van der Waals surface area contributed by atoms with Gasteiger partial charge in [0.05, 0.1) is 16.5 Å². The summed E-state index contributed by atoms with van der Waals surface area (Å²) in [4.78, 5) is 11.9. The van der Waals surface area contributed by atoms with E-state index in [1.54, 1.807) is 19.1 Å². The summed E-state index contributed by atoms with van der Waals surface area (Å²) in [6, 6.07) is 14.1. The Hall–Kier alpha value is -3.60. The van der Waals surface area contributed by atoms with Crippen molar-refractivity contribution in [1.29, 1.82) is 0 Å². The lowest BCUT2D eigenvalue weighted by Crippen LogP contribution is -2.31. The van der Waals surface area contributed by atoms with Gasteiger partial charge in [0.1, 0.15) is 11.6 Å². The molecule has 3 rings (SSSR count). The molecule has 0 spiro atoms. The fraction of sp³-hybridized carbons (Fsp3) is 0.174. The molecule has 0 fully saturated rings. The second-order valence-corrected chi connectivity index (χ2v) is 8.97. The van der Waals surface area contributed by atoms with Crippen LogP contribution in [0.2, 0.25) is 0 Å². The maximum Gasteiger partial charge on any atom is 0.416 e. The molecule has 0 heterocycles. The zero-order valence-electron chi connectivity index (χ0n) is 17.8. The van der Waals surface area contributed by atoms with Gasteiger partial charge in [-0.05, 0) is 67.1 Å². The van der Waals surface area contributed by atoms with Crippen LogP contribution in [0.15, 0.2) is 77.7 Å². The summed E-state index contributed by atoms with van der Waals surface area (Å²) in [6.07, 6.45) is -4.61. The Morgan fingerprint density at radius 1 is 1.00 bits per heavy atom. The summed E-state index contributed by atoms with van der Waals surface area (Å²) in [5.74, 6) is -0.622. The molecular weight excluding hydrogens is 476 g/mol. The van der Waals surface area contributed by atoms with Gasteiger partial charge in [-0.3, -0.25) is 9.52 Å². The smallest absolute Gasteiger partial charge is 0.416 e. The van der Waals surface area contributed by atoms with Crippen LogP contribution < -0.4 is 14.8 Å². The maximum atomic E-state index is 13.0. The number of anilines is 1. The molecule has 0 aliphatic carbocycles. The van der Waals surface area contributed by atoms with E-state index in [-0.39, 0.29) is 34.8 Å². The molecular formula is C23H20F4N2O4S. The standard InChI is InChI=1S/C23H20F4N2O4S/c1-15(16-5-7-18(24)8-6-16)28-22(30)14-33-20-9-11-21(12-10-20)34(31,32)29-19-4-2-3-17(13-19)23(25,26)27/h2-13,15,29H,14H2,1H3,(H,28,30)/t15-/m0/s1. The molecule has 34 heavy (non-hydrogen) atoms. The van der Waals surface area contributed by atoms with E-state index in [0.29, 0.717) is 11.6 Å². The molecule has 0 unspecified atom stereocenters. The number of rotatable bonds is 8. The minimum Gasteiger partial charge on any atom is -0.484 e. The minimum atomic E-state index is -4.61. The Kier molecular flexibility index (Phi) is 7.45. The topological polar surface area (TPSA) is 84.5 Å². The molecule has 11 heteroatoms. The number of hydrogen-bond donors (Lipinski definition) is 2. The van der Waals surface area contributed by atoms with Crippen LogP contribution in [0, 0.1) is 5.82 Å². The number of ether oxygens (including phenoxy) is 1. The molecule has 180 valence electrons. The molecule has 0 bridgehead atoms. The highest BCUT2D eigenvalue weighted by Crippen LogP contribution is 2.31. The molecule has 0 aliphatic rings. The Morgan fingerprint density at radius 3 is 2.26 bits per heavy atom. The second kappa shape index (κ2) is 10.1. The van der Waals surface area contributed by atoms with Crippen LogP contribution >= 0.6 is 0 Å². The number of carbonyl (C=O) groups is 1. The van der Waals surface area contributed by atoms with Crippen molar-refractivity contribution in [3.05, 3.63) is 89.7 Å². The van der Waals surface area contributed by atoms with Gasteiger partial charge in [0.25, 0.3) is 15.9 Å². The third kappa shape index (κ3) is 6.70. The zero-order valence-corrected chi connectivity index (χ0v) is 18.6. The van der Waals surface area contributed by atoms with Crippen LogP contribution in [0.3, 0.4) is 0 Å². The van der Waals surface area contributed by atoms with Crippen molar-refractivity contribution >= 4 is 21.6 Å². The summed E-state index contributed by atoms with van der Waals surface area (Å²) in [7, 11) is -4.15. The van der Waals surface area contributed by atoms with Crippen molar-refractivity contribution in [2.45, 2.75) is 24.0 Å². The van der Waals surface area contributed by atoms with E-state index in [4.69, 9.17) is 4.74 Å². The number of alkyl halides is 3. The van der Waals surface area contributed by atoms with Crippen molar-refractivity contribution in [3.8, 4) is 5.75 Å². The van der Waals surface area contributed by atoms with Gasteiger partial charge in [-0.15, -0.1) is 0 Å². The van der Waals surface area contributed by atoms with Gasteiger partial charge in [0.15, 0.2) is 6.61 Å². The van der Waals surface area contributed by atoms with Crippen molar-refractivity contribution < 1.29 is 35.5 Å². The average molecular weight is 496 g/mol. The van der Waals surface area contributed by atoms with Gasteiger partial charge < -0.3 is 10.1 Å². The van der Waals surface area contributed by atoms with Gasteiger partial charge in [-0.25, -0.2) is 12.8 Å². The number of benzene rings is 3. The monoisotopic (exact) mass is 496 g/mol. The molecule has 3 aromatic rings. The molecule has 3 aromatic carbocycles. The maximum absolute atomic E-state index is 13.0. The summed E-state index contributed by atoms with van der Waals surface area (Å²) in [5.41, 5.74) is -0.511. The first-order valence-electron chi connectivity index (χ1n) is 9.92. The van der Waals surface area contributed by atoms with E-state index in [1.807, 2.05) is 0 Å². The van der Waals surface area contributed by atoms with Crippen LogP contribution in [-0.2, 0) is 21.0 Å². The second-order valence-electron chi connectivity index (χ2n) is 7.28. The molecule has 2 N–H and O–H groups in total.